The molecule has 0 amide bonds. The zero-order chi connectivity index (χ0) is 13.1. The molecule has 4 nitrogen and oxygen atoms in total. The second-order valence-electron chi connectivity index (χ2n) is 3.92. The number of benzene rings is 1. The number of hydrogen-bond donors (Lipinski definition) is 0. The molecular formula is C14H12N2O2. The topological polar surface area (TPSA) is 44.0 Å². The maximum atomic E-state index is 11.8. The number of hydrogen-bond acceptors (Lipinski definition) is 2. The Morgan fingerprint density at radius 3 is 2.33 bits per heavy atom. The summed E-state index contributed by atoms with van der Waals surface area (Å²) in [6.45, 7) is 0. The van der Waals surface area contributed by atoms with Gasteiger partial charge in [0.05, 0.1) is 0 Å². The van der Waals surface area contributed by atoms with Crippen LogP contribution < -0.4 is 11.2 Å². The van der Waals surface area contributed by atoms with Crippen LogP contribution in [-0.2, 0) is 14.1 Å². The first kappa shape index (κ1) is 11.9. The summed E-state index contributed by atoms with van der Waals surface area (Å²) in [7, 11) is 3.04. The zero-order valence-corrected chi connectivity index (χ0v) is 10.2. The van der Waals surface area contributed by atoms with E-state index in [2.05, 4.69) is 11.8 Å². The molecule has 4 heteroatoms. The van der Waals surface area contributed by atoms with E-state index >= 15 is 0 Å². The molecule has 1 aromatic heterocycles. The highest BCUT2D eigenvalue weighted by atomic mass is 16.2. The molecule has 2 aromatic rings. The Balaban J connectivity index is 2.53. The normalized spacial score (nSPS) is 9.67. The van der Waals surface area contributed by atoms with Gasteiger partial charge in [-0.3, -0.25) is 9.36 Å². The standard InChI is InChI=1S/C14H12N2O2/c1-15-10-12(13(17)16(2)14(15)18)9-8-11-6-4-3-5-7-11/h3-7,10H,1-2H3. The van der Waals surface area contributed by atoms with Gasteiger partial charge < -0.3 is 4.57 Å². The van der Waals surface area contributed by atoms with E-state index in [-0.39, 0.29) is 11.2 Å². The van der Waals surface area contributed by atoms with E-state index < -0.39 is 0 Å². The third-order valence-corrected chi connectivity index (χ3v) is 2.56. The Bertz CT molecular complexity index is 743. The zero-order valence-electron chi connectivity index (χ0n) is 10.2. The van der Waals surface area contributed by atoms with Crippen LogP contribution in [0.1, 0.15) is 11.1 Å². The quantitative estimate of drug-likeness (QED) is 0.629. The van der Waals surface area contributed by atoms with E-state index in [1.54, 1.807) is 7.05 Å². The fourth-order valence-electron chi connectivity index (χ4n) is 1.55. The molecule has 0 aliphatic heterocycles. The van der Waals surface area contributed by atoms with Crippen LogP contribution in [-0.4, -0.2) is 9.13 Å². The molecule has 0 saturated heterocycles. The molecule has 0 atom stereocenters. The molecular weight excluding hydrogens is 228 g/mol. The van der Waals surface area contributed by atoms with Gasteiger partial charge >= 0.3 is 5.69 Å². The van der Waals surface area contributed by atoms with Crippen molar-refractivity contribution in [3.05, 3.63) is 68.5 Å². The van der Waals surface area contributed by atoms with E-state index in [4.69, 9.17) is 0 Å². The summed E-state index contributed by atoms with van der Waals surface area (Å²) < 4.78 is 2.39. The van der Waals surface area contributed by atoms with Gasteiger partial charge in [-0.15, -0.1) is 0 Å². The van der Waals surface area contributed by atoms with Crippen molar-refractivity contribution in [2.45, 2.75) is 0 Å². The third-order valence-electron chi connectivity index (χ3n) is 2.56. The third kappa shape index (κ3) is 2.25. The van der Waals surface area contributed by atoms with Crippen LogP contribution in [0.15, 0.2) is 46.1 Å². The first-order chi connectivity index (χ1) is 8.59. The summed E-state index contributed by atoms with van der Waals surface area (Å²) in [6.07, 6.45) is 1.46. The number of aromatic nitrogens is 2. The summed E-state index contributed by atoms with van der Waals surface area (Å²) in [5.74, 6) is 5.69. The van der Waals surface area contributed by atoms with Crippen LogP contribution in [0.25, 0.3) is 0 Å². The summed E-state index contributed by atoms with van der Waals surface area (Å²) in [5, 5.41) is 0. The van der Waals surface area contributed by atoms with Gasteiger partial charge in [0.1, 0.15) is 5.56 Å². The lowest BCUT2D eigenvalue weighted by Gasteiger charge is -2.01. The summed E-state index contributed by atoms with van der Waals surface area (Å²) in [6, 6.07) is 9.38. The van der Waals surface area contributed by atoms with Crippen LogP contribution >= 0.6 is 0 Å². The summed E-state index contributed by atoms with van der Waals surface area (Å²) in [4.78, 5) is 23.3. The Kier molecular flexibility index (Phi) is 3.16. The number of nitrogens with zero attached hydrogens (tertiary/aromatic N) is 2. The molecule has 0 bridgehead atoms. The highest BCUT2D eigenvalue weighted by molar-refractivity contribution is 5.40. The van der Waals surface area contributed by atoms with Gasteiger partial charge in [-0.05, 0) is 12.1 Å². The highest BCUT2D eigenvalue weighted by Crippen LogP contribution is 1.95. The number of rotatable bonds is 0. The van der Waals surface area contributed by atoms with Gasteiger partial charge in [0.25, 0.3) is 5.56 Å². The fraction of sp³-hybridized carbons (Fsp3) is 0.143. The second kappa shape index (κ2) is 4.76. The van der Waals surface area contributed by atoms with Crippen LogP contribution in [0.3, 0.4) is 0 Å². The van der Waals surface area contributed by atoms with Gasteiger partial charge in [-0.25, -0.2) is 4.79 Å². The molecule has 0 aliphatic carbocycles. The van der Waals surface area contributed by atoms with Crippen molar-refractivity contribution in [2.24, 2.45) is 14.1 Å². The molecule has 0 fully saturated rings. The minimum absolute atomic E-state index is 0.309. The van der Waals surface area contributed by atoms with Crippen molar-refractivity contribution in [3.63, 3.8) is 0 Å². The van der Waals surface area contributed by atoms with Crippen molar-refractivity contribution in [1.29, 1.82) is 0 Å². The summed E-state index contributed by atoms with van der Waals surface area (Å²) in [5.41, 5.74) is 0.406. The maximum Gasteiger partial charge on any atom is 0.330 e. The maximum absolute atomic E-state index is 11.8. The molecule has 0 aliphatic rings. The summed E-state index contributed by atoms with van der Waals surface area (Å²) >= 11 is 0. The molecule has 18 heavy (non-hydrogen) atoms. The van der Waals surface area contributed by atoms with Crippen molar-refractivity contribution in [3.8, 4) is 11.8 Å². The van der Waals surface area contributed by atoms with Crippen molar-refractivity contribution >= 4 is 0 Å². The lowest BCUT2D eigenvalue weighted by Crippen LogP contribution is -2.37. The largest absolute Gasteiger partial charge is 0.330 e. The molecule has 90 valence electrons. The monoisotopic (exact) mass is 240 g/mol. The smallest absolute Gasteiger partial charge is 0.302 e. The molecule has 1 heterocycles. The predicted octanol–water partition coefficient (Wildman–Crippen LogP) is 0.484. The minimum atomic E-state index is -0.374. The first-order valence-corrected chi connectivity index (χ1v) is 5.43. The van der Waals surface area contributed by atoms with E-state index in [9.17, 15) is 9.59 Å². The van der Waals surface area contributed by atoms with E-state index in [1.165, 1.54) is 17.8 Å². The molecule has 2 rings (SSSR count). The van der Waals surface area contributed by atoms with E-state index in [1.807, 2.05) is 30.3 Å². The van der Waals surface area contributed by atoms with Gasteiger partial charge in [0.15, 0.2) is 0 Å². The van der Waals surface area contributed by atoms with E-state index in [0.717, 1.165) is 10.1 Å². The van der Waals surface area contributed by atoms with Crippen LogP contribution in [0.4, 0.5) is 0 Å². The second-order valence-corrected chi connectivity index (χ2v) is 3.92. The molecule has 0 spiro atoms. The molecule has 1 aromatic carbocycles. The molecule has 0 radical (unpaired) electrons. The van der Waals surface area contributed by atoms with Gasteiger partial charge in [0.2, 0.25) is 0 Å². The number of aryl methyl sites for hydroxylation is 1. The SMILES string of the molecule is Cn1cc(C#Cc2ccccc2)c(=O)n(C)c1=O. The van der Waals surface area contributed by atoms with Crippen molar-refractivity contribution in [1.82, 2.24) is 9.13 Å². The average molecular weight is 240 g/mol. The Labute approximate surface area is 104 Å². The first-order valence-electron chi connectivity index (χ1n) is 5.43. The van der Waals surface area contributed by atoms with Crippen LogP contribution in [0, 0.1) is 11.8 Å². The molecule has 0 N–H and O–H groups in total. The van der Waals surface area contributed by atoms with Crippen LogP contribution in [0.5, 0.6) is 0 Å². The minimum Gasteiger partial charge on any atom is -0.302 e. The van der Waals surface area contributed by atoms with Gasteiger partial charge in [-0.1, -0.05) is 30.0 Å². The van der Waals surface area contributed by atoms with Gasteiger partial charge in [-0.2, -0.15) is 0 Å². The Hall–Kier alpha value is -2.54. The highest BCUT2D eigenvalue weighted by Gasteiger charge is 2.03. The van der Waals surface area contributed by atoms with Crippen LogP contribution in [0.2, 0.25) is 0 Å². The molecule has 0 saturated carbocycles. The predicted molar refractivity (Wildman–Crippen MR) is 69.3 cm³/mol. The Morgan fingerprint density at radius 1 is 1.00 bits per heavy atom. The van der Waals surface area contributed by atoms with E-state index in [0.29, 0.717) is 5.56 Å². The average Bonchev–Trinajstić information content (AvgIpc) is 2.40. The van der Waals surface area contributed by atoms with Gasteiger partial charge in [0, 0.05) is 25.9 Å². The van der Waals surface area contributed by atoms with Crippen molar-refractivity contribution < 1.29 is 0 Å². The lowest BCUT2D eigenvalue weighted by molar-refractivity contribution is 0.682. The van der Waals surface area contributed by atoms with Crippen molar-refractivity contribution in [2.75, 3.05) is 0 Å². The fourth-order valence-corrected chi connectivity index (χ4v) is 1.55. The molecule has 0 unspecified atom stereocenters. The Morgan fingerprint density at radius 2 is 1.67 bits per heavy atom. The lowest BCUT2D eigenvalue weighted by atomic mass is 10.2.